The van der Waals surface area contributed by atoms with Crippen molar-refractivity contribution < 1.29 is 31.4 Å². The second-order valence-corrected chi connectivity index (χ2v) is 8.75. The zero-order chi connectivity index (χ0) is 25.1. The number of ether oxygens (including phenoxy) is 2. The number of alkyl halides is 3. The molecular formula is C27H26F5NO2. The van der Waals surface area contributed by atoms with Crippen molar-refractivity contribution in [1.29, 1.82) is 0 Å². The second kappa shape index (κ2) is 10.3. The molecule has 1 heterocycles. The molecular weight excluding hydrogens is 465 g/mol. The number of nitrogens with one attached hydrogen (secondary N) is 1. The lowest BCUT2D eigenvalue weighted by Crippen LogP contribution is -2.43. The molecule has 1 aliphatic heterocycles. The number of rotatable bonds is 7. The van der Waals surface area contributed by atoms with Crippen LogP contribution >= 0.6 is 0 Å². The SMILES string of the molecule is COc1ccc(-c2cc(COCC3(c4ccccc4)CCNCC3)cc(C(F)(F)F)c2)c(F)c1F. The smallest absolute Gasteiger partial charge is 0.416 e. The van der Waals surface area contributed by atoms with Gasteiger partial charge in [0.25, 0.3) is 0 Å². The monoisotopic (exact) mass is 491 g/mol. The number of hydrogen-bond donors (Lipinski definition) is 1. The minimum absolute atomic E-state index is 0.0860. The number of benzene rings is 3. The van der Waals surface area contributed by atoms with Crippen LogP contribution in [0.1, 0.15) is 29.5 Å². The minimum atomic E-state index is -4.66. The van der Waals surface area contributed by atoms with E-state index in [2.05, 4.69) is 5.32 Å². The molecule has 0 unspecified atom stereocenters. The Hall–Kier alpha value is -2.97. The van der Waals surface area contributed by atoms with Gasteiger partial charge in [-0.15, -0.1) is 0 Å². The molecule has 0 saturated carbocycles. The number of methoxy groups -OCH3 is 1. The summed E-state index contributed by atoms with van der Waals surface area (Å²) in [5.41, 5.74) is -0.220. The van der Waals surface area contributed by atoms with Crippen LogP contribution in [0, 0.1) is 11.6 Å². The van der Waals surface area contributed by atoms with E-state index >= 15 is 0 Å². The Bertz CT molecular complexity index is 1160. The normalized spacial score (nSPS) is 15.7. The summed E-state index contributed by atoms with van der Waals surface area (Å²) in [4.78, 5) is 0. The molecule has 0 bridgehead atoms. The fourth-order valence-electron chi connectivity index (χ4n) is 4.58. The number of piperidine rings is 1. The highest BCUT2D eigenvalue weighted by atomic mass is 19.4. The zero-order valence-corrected chi connectivity index (χ0v) is 19.2. The second-order valence-electron chi connectivity index (χ2n) is 8.75. The first kappa shape index (κ1) is 25.1. The molecule has 0 spiro atoms. The fourth-order valence-corrected chi connectivity index (χ4v) is 4.58. The Morgan fingerprint density at radius 1 is 0.914 bits per heavy atom. The van der Waals surface area contributed by atoms with Crippen molar-refractivity contribution in [3.63, 3.8) is 0 Å². The Kier molecular flexibility index (Phi) is 7.42. The lowest BCUT2D eigenvalue weighted by atomic mass is 9.74. The molecule has 8 heteroatoms. The molecule has 3 nitrogen and oxygen atoms in total. The largest absolute Gasteiger partial charge is 0.494 e. The predicted octanol–water partition coefficient (Wildman–Crippen LogP) is 6.50. The Morgan fingerprint density at radius 3 is 2.29 bits per heavy atom. The summed E-state index contributed by atoms with van der Waals surface area (Å²) in [7, 11) is 1.18. The first-order valence-electron chi connectivity index (χ1n) is 11.3. The van der Waals surface area contributed by atoms with Crippen LogP contribution in [-0.2, 0) is 22.9 Å². The van der Waals surface area contributed by atoms with Gasteiger partial charge in [-0.3, -0.25) is 0 Å². The van der Waals surface area contributed by atoms with Gasteiger partial charge in [0.1, 0.15) is 0 Å². The lowest BCUT2D eigenvalue weighted by molar-refractivity contribution is -0.137. The third kappa shape index (κ3) is 5.49. The molecule has 0 amide bonds. The quantitative estimate of drug-likeness (QED) is 0.383. The van der Waals surface area contributed by atoms with Crippen LogP contribution in [0.2, 0.25) is 0 Å². The Balaban J connectivity index is 1.62. The molecule has 1 N–H and O–H groups in total. The molecule has 186 valence electrons. The molecule has 1 fully saturated rings. The maximum absolute atomic E-state index is 14.7. The van der Waals surface area contributed by atoms with Gasteiger partial charge in [-0.1, -0.05) is 30.3 Å². The molecule has 0 atom stereocenters. The van der Waals surface area contributed by atoms with Gasteiger partial charge in [0, 0.05) is 11.0 Å². The third-order valence-corrected chi connectivity index (χ3v) is 6.49. The van der Waals surface area contributed by atoms with Gasteiger partial charge in [-0.05, 0) is 73.0 Å². The standard InChI is InChI=1S/C27H26F5NO2/c1-34-23-8-7-22(24(28)25(23)29)19-13-18(14-21(15-19)27(30,31)32)16-35-17-26(9-11-33-12-10-26)20-5-3-2-4-6-20/h2-8,13-15,33H,9-12,16-17H2,1H3. The topological polar surface area (TPSA) is 30.5 Å². The van der Waals surface area contributed by atoms with Gasteiger partial charge < -0.3 is 14.8 Å². The van der Waals surface area contributed by atoms with E-state index in [-0.39, 0.29) is 34.5 Å². The average molecular weight is 492 g/mol. The van der Waals surface area contributed by atoms with Gasteiger partial charge in [-0.25, -0.2) is 4.39 Å². The Morgan fingerprint density at radius 2 is 1.63 bits per heavy atom. The van der Waals surface area contributed by atoms with Crippen LogP contribution in [0.25, 0.3) is 11.1 Å². The summed E-state index contributed by atoms with van der Waals surface area (Å²) in [6.07, 6.45) is -2.99. The molecule has 0 aromatic heterocycles. The van der Waals surface area contributed by atoms with Gasteiger partial charge >= 0.3 is 6.18 Å². The van der Waals surface area contributed by atoms with Gasteiger partial charge in [0.2, 0.25) is 5.82 Å². The van der Waals surface area contributed by atoms with Crippen molar-refractivity contribution in [2.75, 3.05) is 26.8 Å². The maximum atomic E-state index is 14.7. The van der Waals surface area contributed by atoms with Gasteiger partial charge in [0.15, 0.2) is 11.6 Å². The highest BCUT2D eigenvalue weighted by molar-refractivity contribution is 5.67. The lowest BCUT2D eigenvalue weighted by Gasteiger charge is -2.38. The van der Waals surface area contributed by atoms with Crippen LogP contribution in [0.4, 0.5) is 22.0 Å². The van der Waals surface area contributed by atoms with Crippen LogP contribution < -0.4 is 10.1 Å². The molecule has 4 rings (SSSR count). The van der Waals surface area contributed by atoms with Crippen molar-refractivity contribution >= 4 is 0 Å². The van der Waals surface area contributed by atoms with E-state index in [0.29, 0.717) is 6.61 Å². The summed E-state index contributed by atoms with van der Waals surface area (Å²) < 4.78 is 80.5. The highest BCUT2D eigenvalue weighted by Gasteiger charge is 2.35. The summed E-state index contributed by atoms with van der Waals surface area (Å²) in [6, 6.07) is 15.5. The first-order valence-corrected chi connectivity index (χ1v) is 11.3. The number of halogens is 5. The molecule has 35 heavy (non-hydrogen) atoms. The molecule has 3 aromatic carbocycles. The van der Waals surface area contributed by atoms with Crippen LogP contribution in [-0.4, -0.2) is 26.8 Å². The molecule has 1 aliphatic rings. The van der Waals surface area contributed by atoms with Gasteiger partial charge in [0.05, 0.1) is 25.9 Å². The van der Waals surface area contributed by atoms with E-state index in [4.69, 9.17) is 9.47 Å². The summed E-state index contributed by atoms with van der Waals surface area (Å²) in [6.45, 7) is 1.86. The van der Waals surface area contributed by atoms with E-state index in [1.165, 1.54) is 25.3 Å². The zero-order valence-electron chi connectivity index (χ0n) is 19.2. The van der Waals surface area contributed by atoms with Crippen molar-refractivity contribution in [2.45, 2.75) is 31.0 Å². The molecule has 0 aliphatic carbocycles. The van der Waals surface area contributed by atoms with Crippen LogP contribution in [0.3, 0.4) is 0 Å². The van der Waals surface area contributed by atoms with Crippen LogP contribution in [0.5, 0.6) is 5.75 Å². The molecule has 3 aromatic rings. The molecule has 0 radical (unpaired) electrons. The first-order chi connectivity index (χ1) is 16.7. The van der Waals surface area contributed by atoms with Gasteiger partial charge in [-0.2, -0.15) is 17.6 Å². The minimum Gasteiger partial charge on any atom is -0.494 e. The van der Waals surface area contributed by atoms with Crippen molar-refractivity contribution in [3.05, 3.63) is 89.0 Å². The Labute approximate surface area is 200 Å². The molecule has 1 saturated heterocycles. The van der Waals surface area contributed by atoms with E-state index < -0.39 is 23.4 Å². The summed E-state index contributed by atoms with van der Waals surface area (Å²) in [5.74, 6) is -2.85. The maximum Gasteiger partial charge on any atom is 0.416 e. The van der Waals surface area contributed by atoms with Crippen molar-refractivity contribution in [3.8, 4) is 16.9 Å². The fraction of sp³-hybridized carbons (Fsp3) is 0.333. The van der Waals surface area contributed by atoms with Crippen LogP contribution in [0.15, 0.2) is 60.7 Å². The van der Waals surface area contributed by atoms with Crippen molar-refractivity contribution in [2.24, 2.45) is 0 Å². The summed E-state index contributed by atoms with van der Waals surface area (Å²) >= 11 is 0. The van der Waals surface area contributed by atoms with E-state index in [9.17, 15) is 22.0 Å². The highest BCUT2D eigenvalue weighted by Crippen LogP contribution is 2.37. The third-order valence-electron chi connectivity index (χ3n) is 6.49. The summed E-state index contributed by atoms with van der Waals surface area (Å²) in [5, 5.41) is 3.33. The van der Waals surface area contributed by atoms with E-state index in [0.717, 1.165) is 43.6 Å². The van der Waals surface area contributed by atoms with E-state index in [1.807, 2.05) is 30.3 Å². The number of hydrogen-bond acceptors (Lipinski definition) is 3. The predicted molar refractivity (Wildman–Crippen MR) is 123 cm³/mol. The van der Waals surface area contributed by atoms with E-state index in [1.54, 1.807) is 0 Å². The van der Waals surface area contributed by atoms with Crippen molar-refractivity contribution in [1.82, 2.24) is 5.32 Å². The average Bonchev–Trinajstić information content (AvgIpc) is 2.86.